The molecule has 5 heteroatoms. The molecule has 20 heavy (non-hydrogen) atoms. The lowest BCUT2D eigenvalue weighted by Crippen LogP contribution is -2.40. The fourth-order valence-electron chi connectivity index (χ4n) is 2.13. The molecule has 0 aliphatic carbocycles. The van der Waals surface area contributed by atoms with Crippen LogP contribution in [0.1, 0.15) is 47.3 Å². The highest BCUT2D eigenvalue weighted by molar-refractivity contribution is 7.21. The summed E-state index contributed by atoms with van der Waals surface area (Å²) in [4.78, 5) is 18.3. The zero-order valence-corrected chi connectivity index (χ0v) is 13.7. The van der Waals surface area contributed by atoms with Crippen molar-refractivity contribution in [2.45, 2.75) is 47.1 Å². The zero-order valence-electron chi connectivity index (χ0n) is 12.8. The van der Waals surface area contributed by atoms with Crippen molar-refractivity contribution in [1.82, 2.24) is 10.3 Å². The molecular weight excluding hydrogens is 270 g/mol. The Labute approximate surface area is 123 Å². The Balaban J connectivity index is 2.60. The van der Waals surface area contributed by atoms with Crippen LogP contribution in [0.4, 0.5) is 5.69 Å². The van der Waals surface area contributed by atoms with Gasteiger partial charge in [0.15, 0.2) is 0 Å². The number of hydrogen-bond donors (Lipinski definition) is 2. The van der Waals surface area contributed by atoms with E-state index in [1.807, 2.05) is 41.5 Å². The maximum atomic E-state index is 12.3. The van der Waals surface area contributed by atoms with Crippen molar-refractivity contribution in [3.63, 3.8) is 0 Å². The lowest BCUT2D eigenvalue weighted by atomic mass is 10.0. The highest BCUT2D eigenvalue weighted by atomic mass is 32.1. The van der Waals surface area contributed by atoms with Crippen LogP contribution < -0.4 is 11.1 Å². The van der Waals surface area contributed by atoms with Gasteiger partial charge in [0.2, 0.25) is 0 Å². The van der Waals surface area contributed by atoms with E-state index < -0.39 is 0 Å². The molecule has 0 aliphatic heterocycles. The summed E-state index contributed by atoms with van der Waals surface area (Å²) < 4.78 is 0. The lowest BCUT2D eigenvalue weighted by Gasteiger charge is -2.20. The Kier molecular flexibility index (Phi) is 3.50. The summed E-state index contributed by atoms with van der Waals surface area (Å²) in [6, 6.07) is 0. The average molecular weight is 291 g/mol. The van der Waals surface area contributed by atoms with E-state index in [4.69, 9.17) is 5.73 Å². The van der Waals surface area contributed by atoms with Gasteiger partial charge in [0.1, 0.15) is 9.71 Å². The van der Waals surface area contributed by atoms with E-state index in [0.29, 0.717) is 10.6 Å². The molecule has 0 bridgehead atoms. The highest BCUT2D eigenvalue weighted by Gasteiger charge is 2.23. The number of pyridine rings is 1. The van der Waals surface area contributed by atoms with Gasteiger partial charge < -0.3 is 11.1 Å². The summed E-state index contributed by atoms with van der Waals surface area (Å²) >= 11 is 1.36. The van der Waals surface area contributed by atoms with Crippen molar-refractivity contribution >= 4 is 33.1 Å². The van der Waals surface area contributed by atoms with E-state index in [-0.39, 0.29) is 11.4 Å². The number of nitrogens with two attached hydrogens (primary N) is 1. The summed E-state index contributed by atoms with van der Waals surface area (Å²) in [6.07, 6.45) is 0. The molecule has 2 aromatic rings. The van der Waals surface area contributed by atoms with Crippen LogP contribution in [0.2, 0.25) is 0 Å². The van der Waals surface area contributed by atoms with E-state index in [1.54, 1.807) is 0 Å². The summed E-state index contributed by atoms with van der Waals surface area (Å²) in [5.41, 5.74) is 9.67. The van der Waals surface area contributed by atoms with Gasteiger partial charge in [-0.05, 0) is 52.7 Å². The first-order valence-electron chi connectivity index (χ1n) is 6.60. The van der Waals surface area contributed by atoms with Crippen molar-refractivity contribution < 1.29 is 4.79 Å². The highest BCUT2D eigenvalue weighted by Crippen LogP contribution is 2.36. The molecule has 0 unspecified atom stereocenters. The van der Waals surface area contributed by atoms with Crippen LogP contribution in [-0.2, 0) is 0 Å². The maximum absolute atomic E-state index is 12.3. The number of nitrogens with zero attached hydrogens (tertiary/aromatic N) is 1. The Hall–Kier alpha value is -1.62. The van der Waals surface area contributed by atoms with Gasteiger partial charge in [-0.3, -0.25) is 4.79 Å². The fourth-order valence-corrected chi connectivity index (χ4v) is 3.23. The normalized spacial score (nSPS) is 11.9. The molecule has 2 heterocycles. The number of carbonyl (C=O) groups is 1. The quantitative estimate of drug-likeness (QED) is 0.846. The number of aryl methyl sites for hydroxylation is 2. The number of rotatable bonds is 1. The van der Waals surface area contributed by atoms with E-state index in [0.717, 1.165) is 27.0 Å². The van der Waals surface area contributed by atoms with Gasteiger partial charge in [-0.1, -0.05) is 0 Å². The van der Waals surface area contributed by atoms with Crippen molar-refractivity contribution in [2.24, 2.45) is 0 Å². The van der Waals surface area contributed by atoms with Crippen LogP contribution >= 0.6 is 11.3 Å². The molecule has 0 aliphatic rings. The number of fused-ring (bicyclic) bond motifs is 1. The summed E-state index contributed by atoms with van der Waals surface area (Å²) in [6.45, 7) is 11.9. The second-order valence-electron chi connectivity index (χ2n) is 6.18. The second kappa shape index (κ2) is 4.74. The van der Waals surface area contributed by atoms with Crippen molar-refractivity contribution in [1.29, 1.82) is 0 Å². The van der Waals surface area contributed by atoms with E-state index in [2.05, 4.69) is 10.3 Å². The van der Waals surface area contributed by atoms with Crippen LogP contribution in [-0.4, -0.2) is 16.4 Å². The van der Waals surface area contributed by atoms with E-state index in [1.165, 1.54) is 11.3 Å². The summed E-state index contributed by atoms with van der Waals surface area (Å²) in [5, 5.41) is 3.86. The largest absolute Gasteiger partial charge is 0.397 e. The van der Waals surface area contributed by atoms with Gasteiger partial charge in [-0.15, -0.1) is 11.3 Å². The Morgan fingerprint density at radius 2 is 1.80 bits per heavy atom. The molecular formula is C15H21N3OS. The van der Waals surface area contributed by atoms with Crippen LogP contribution in [0.25, 0.3) is 10.2 Å². The summed E-state index contributed by atoms with van der Waals surface area (Å²) in [7, 11) is 0. The van der Waals surface area contributed by atoms with Crippen molar-refractivity contribution in [3.05, 3.63) is 21.7 Å². The first-order valence-corrected chi connectivity index (χ1v) is 7.41. The van der Waals surface area contributed by atoms with Crippen molar-refractivity contribution in [2.75, 3.05) is 5.73 Å². The van der Waals surface area contributed by atoms with Gasteiger partial charge in [-0.2, -0.15) is 0 Å². The predicted molar refractivity (Wildman–Crippen MR) is 85.5 cm³/mol. The molecule has 3 N–H and O–H groups in total. The molecule has 2 aromatic heterocycles. The molecule has 0 saturated carbocycles. The Bertz CT molecular complexity index is 695. The molecule has 1 amide bonds. The second-order valence-corrected chi connectivity index (χ2v) is 7.18. The topological polar surface area (TPSA) is 68.0 Å². The first-order chi connectivity index (χ1) is 9.11. The van der Waals surface area contributed by atoms with Crippen LogP contribution in [0.3, 0.4) is 0 Å². The molecule has 0 spiro atoms. The minimum atomic E-state index is -0.284. The van der Waals surface area contributed by atoms with E-state index in [9.17, 15) is 4.79 Å². The minimum absolute atomic E-state index is 0.132. The van der Waals surface area contributed by atoms with Gasteiger partial charge in [0.05, 0.1) is 5.69 Å². The fraction of sp³-hybridized carbons (Fsp3) is 0.467. The third-order valence-corrected chi connectivity index (χ3v) is 4.47. The van der Waals surface area contributed by atoms with Crippen LogP contribution in [0, 0.1) is 20.8 Å². The lowest BCUT2D eigenvalue weighted by molar-refractivity contribution is 0.0924. The number of amides is 1. The molecule has 0 saturated heterocycles. The number of anilines is 1. The SMILES string of the molecule is Cc1nc2sc(C(=O)NC(C)(C)C)c(N)c2c(C)c1C. The van der Waals surface area contributed by atoms with E-state index >= 15 is 0 Å². The number of nitrogen functional groups attached to an aromatic ring is 1. The standard InChI is InChI=1S/C15H21N3OS/c1-7-8(2)10-11(16)12(13(19)18-15(4,5)6)20-14(10)17-9(7)3/h16H2,1-6H3,(H,18,19). The van der Waals surface area contributed by atoms with Gasteiger partial charge in [0, 0.05) is 16.6 Å². The molecule has 0 radical (unpaired) electrons. The minimum Gasteiger partial charge on any atom is -0.397 e. The van der Waals surface area contributed by atoms with Gasteiger partial charge in [0.25, 0.3) is 5.91 Å². The van der Waals surface area contributed by atoms with Crippen LogP contribution in [0.5, 0.6) is 0 Å². The number of aromatic nitrogens is 1. The smallest absolute Gasteiger partial charge is 0.263 e. The zero-order chi connectivity index (χ0) is 15.2. The molecule has 4 nitrogen and oxygen atoms in total. The summed E-state index contributed by atoms with van der Waals surface area (Å²) in [5.74, 6) is -0.132. The molecule has 108 valence electrons. The first kappa shape index (κ1) is 14.8. The molecule has 0 atom stereocenters. The van der Waals surface area contributed by atoms with Crippen molar-refractivity contribution in [3.8, 4) is 0 Å². The average Bonchev–Trinajstić information content (AvgIpc) is 2.61. The molecule has 2 rings (SSSR count). The molecule has 0 aromatic carbocycles. The third kappa shape index (κ3) is 2.50. The Morgan fingerprint density at radius 3 is 2.35 bits per heavy atom. The van der Waals surface area contributed by atoms with Gasteiger partial charge in [-0.25, -0.2) is 4.98 Å². The number of carbonyl (C=O) groups excluding carboxylic acids is 1. The monoisotopic (exact) mass is 291 g/mol. The van der Waals surface area contributed by atoms with Gasteiger partial charge >= 0.3 is 0 Å². The number of nitrogens with one attached hydrogen (secondary N) is 1. The maximum Gasteiger partial charge on any atom is 0.263 e. The Morgan fingerprint density at radius 1 is 1.20 bits per heavy atom. The number of thiophene rings is 1. The van der Waals surface area contributed by atoms with Crippen LogP contribution in [0.15, 0.2) is 0 Å². The predicted octanol–water partition coefficient (Wildman–Crippen LogP) is 3.33. The third-order valence-electron chi connectivity index (χ3n) is 3.37. The molecule has 0 fully saturated rings. The number of hydrogen-bond acceptors (Lipinski definition) is 4.